The summed E-state index contributed by atoms with van der Waals surface area (Å²) in [5.41, 5.74) is 3.14. The Hall–Kier alpha value is -3.79. The second kappa shape index (κ2) is 8.92. The maximum Gasteiger partial charge on any atom is 0.320 e. The number of hydrogen-bond donors (Lipinski definition) is 2. The molecule has 0 aromatic carbocycles. The van der Waals surface area contributed by atoms with E-state index >= 15 is 0 Å². The summed E-state index contributed by atoms with van der Waals surface area (Å²) in [6.45, 7) is 3.18. The van der Waals surface area contributed by atoms with E-state index in [1.54, 1.807) is 18.6 Å². The summed E-state index contributed by atoms with van der Waals surface area (Å²) in [7, 11) is 3.99. The van der Waals surface area contributed by atoms with E-state index in [4.69, 9.17) is 4.42 Å². The van der Waals surface area contributed by atoms with Crippen molar-refractivity contribution in [2.24, 2.45) is 0 Å². The molecule has 10 heteroatoms. The number of urea groups is 1. The number of aromatic nitrogens is 5. The molecule has 0 saturated carbocycles. The van der Waals surface area contributed by atoms with Crippen LogP contribution in [-0.4, -0.2) is 62.7 Å². The van der Waals surface area contributed by atoms with Crippen molar-refractivity contribution in [1.82, 2.24) is 34.8 Å². The van der Waals surface area contributed by atoms with Crippen LogP contribution in [0.1, 0.15) is 12.8 Å². The molecule has 0 unspecified atom stereocenters. The molecular weight excluding hydrogens is 396 g/mol. The van der Waals surface area contributed by atoms with Gasteiger partial charge in [-0.3, -0.25) is 14.7 Å². The summed E-state index contributed by atoms with van der Waals surface area (Å²) >= 11 is 0. The molecule has 4 aromatic heterocycles. The van der Waals surface area contributed by atoms with Crippen molar-refractivity contribution in [2.75, 3.05) is 32.5 Å². The molecule has 160 valence electrons. The molecule has 0 aliphatic heterocycles. The molecule has 0 radical (unpaired) electrons. The molecule has 0 atom stereocenters. The van der Waals surface area contributed by atoms with Gasteiger partial charge in [0.15, 0.2) is 5.82 Å². The number of hydrogen-bond acceptors (Lipinski definition) is 7. The van der Waals surface area contributed by atoms with Crippen molar-refractivity contribution in [2.45, 2.75) is 13.3 Å². The molecule has 10 nitrogen and oxygen atoms in total. The predicted molar refractivity (Wildman–Crippen MR) is 117 cm³/mol. The maximum atomic E-state index is 11.9. The monoisotopic (exact) mass is 420 g/mol. The Balaban J connectivity index is 1.77. The van der Waals surface area contributed by atoms with Crippen LogP contribution in [-0.2, 0) is 6.42 Å². The zero-order chi connectivity index (χ0) is 21.8. The first kappa shape index (κ1) is 20.5. The number of fused-ring (bicyclic) bond motifs is 1. The Kier molecular flexibility index (Phi) is 5.89. The summed E-state index contributed by atoms with van der Waals surface area (Å²) in [5, 5.41) is 13.9. The fourth-order valence-electron chi connectivity index (χ4n) is 3.11. The lowest BCUT2D eigenvalue weighted by Crippen LogP contribution is -2.28. The minimum absolute atomic E-state index is 0.316. The molecule has 2 N–H and O–H groups in total. The minimum Gasteiger partial charge on any atom is -0.419 e. The Morgan fingerprint density at radius 1 is 1.23 bits per heavy atom. The lowest BCUT2D eigenvalue weighted by molar-refractivity contribution is 0.252. The van der Waals surface area contributed by atoms with Gasteiger partial charge in [0.25, 0.3) is 5.89 Å². The standard InChI is InChI=1S/C21H24N8O2/c1-4-23-21(30)25-17-13-29-16(20-27-26-19(31-20)7-9-28(2)3)10-15(11-18(29)24-17)14-6-5-8-22-12-14/h5-6,8,10-13H,4,7,9H2,1-3H3,(H2,23,25,30). The highest BCUT2D eigenvalue weighted by atomic mass is 16.4. The molecule has 0 saturated heterocycles. The molecule has 4 rings (SSSR count). The maximum absolute atomic E-state index is 11.9. The smallest absolute Gasteiger partial charge is 0.320 e. The van der Waals surface area contributed by atoms with Crippen molar-refractivity contribution >= 4 is 17.5 Å². The van der Waals surface area contributed by atoms with E-state index in [-0.39, 0.29) is 6.03 Å². The summed E-state index contributed by atoms with van der Waals surface area (Å²) in [5.74, 6) is 1.36. The SMILES string of the molecule is CCNC(=O)Nc1cn2c(-c3nnc(CCN(C)C)o3)cc(-c3cccnc3)cc2n1. The second-order valence-electron chi connectivity index (χ2n) is 7.26. The number of anilines is 1. The Morgan fingerprint density at radius 3 is 2.84 bits per heavy atom. The van der Waals surface area contributed by atoms with Crippen LogP contribution in [0.25, 0.3) is 28.4 Å². The van der Waals surface area contributed by atoms with Gasteiger partial charge in [0.05, 0.1) is 6.20 Å². The van der Waals surface area contributed by atoms with Crippen molar-refractivity contribution < 1.29 is 9.21 Å². The average molecular weight is 420 g/mol. The number of carbonyl (C=O) groups is 1. The molecule has 0 aliphatic carbocycles. The lowest BCUT2D eigenvalue weighted by Gasteiger charge is -2.07. The van der Waals surface area contributed by atoms with Gasteiger partial charge in [-0.1, -0.05) is 6.07 Å². The van der Waals surface area contributed by atoms with Gasteiger partial charge >= 0.3 is 6.03 Å². The van der Waals surface area contributed by atoms with E-state index < -0.39 is 0 Å². The molecule has 2 amide bonds. The van der Waals surface area contributed by atoms with Gasteiger partial charge in [-0.2, -0.15) is 0 Å². The van der Waals surface area contributed by atoms with Crippen LogP contribution in [0.4, 0.5) is 10.6 Å². The third kappa shape index (κ3) is 4.69. The van der Waals surface area contributed by atoms with Gasteiger partial charge in [-0.25, -0.2) is 9.78 Å². The number of carbonyl (C=O) groups excluding carboxylic acids is 1. The van der Waals surface area contributed by atoms with Gasteiger partial charge in [0.2, 0.25) is 5.89 Å². The summed E-state index contributed by atoms with van der Waals surface area (Å²) in [6.07, 6.45) is 5.89. The zero-order valence-electron chi connectivity index (χ0n) is 17.7. The summed E-state index contributed by atoms with van der Waals surface area (Å²) in [4.78, 5) is 22.7. The zero-order valence-corrected chi connectivity index (χ0v) is 17.7. The normalized spacial score (nSPS) is 11.2. The number of nitrogens with zero attached hydrogens (tertiary/aromatic N) is 6. The first-order valence-corrected chi connectivity index (χ1v) is 9.99. The highest BCUT2D eigenvalue weighted by molar-refractivity contribution is 5.88. The predicted octanol–water partition coefficient (Wildman–Crippen LogP) is 2.69. The van der Waals surface area contributed by atoms with E-state index in [1.807, 2.05) is 49.7 Å². The van der Waals surface area contributed by atoms with Crippen LogP contribution in [0.2, 0.25) is 0 Å². The topological polar surface area (TPSA) is 113 Å². The molecule has 4 heterocycles. The highest BCUT2D eigenvalue weighted by Crippen LogP contribution is 2.29. The fourth-order valence-corrected chi connectivity index (χ4v) is 3.11. The summed E-state index contributed by atoms with van der Waals surface area (Å²) in [6, 6.07) is 7.40. The largest absolute Gasteiger partial charge is 0.419 e. The van der Waals surface area contributed by atoms with Gasteiger partial charge in [0, 0.05) is 37.5 Å². The fraction of sp³-hybridized carbons (Fsp3) is 0.286. The number of nitrogens with one attached hydrogen (secondary N) is 2. The van der Waals surface area contributed by atoms with Crippen molar-refractivity contribution in [3.63, 3.8) is 0 Å². The van der Waals surface area contributed by atoms with E-state index in [2.05, 4.69) is 35.7 Å². The van der Waals surface area contributed by atoms with E-state index in [0.29, 0.717) is 41.9 Å². The van der Waals surface area contributed by atoms with Gasteiger partial charge in [-0.05, 0) is 44.8 Å². The molecule has 0 fully saturated rings. The number of likely N-dealkylation sites (N-methyl/N-ethyl adjacent to an activating group) is 1. The van der Waals surface area contributed by atoms with E-state index in [0.717, 1.165) is 17.7 Å². The van der Waals surface area contributed by atoms with Crippen molar-refractivity contribution in [3.8, 4) is 22.7 Å². The number of pyridine rings is 2. The number of rotatable bonds is 7. The van der Waals surface area contributed by atoms with Crippen LogP contribution in [0.5, 0.6) is 0 Å². The summed E-state index contributed by atoms with van der Waals surface area (Å²) < 4.78 is 7.76. The van der Waals surface area contributed by atoms with E-state index in [1.165, 1.54) is 0 Å². The third-order valence-corrected chi connectivity index (χ3v) is 4.60. The molecule has 0 bridgehead atoms. The Morgan fingerprint density at radius 2 is 2.10 bits per heavy atom. The molecule has 31 heavy (non-hydrogen) atoms. The van der Waals surface area contributed by atoms with Crippen LogP contribution in [0, 0.1) is 0 Å². The molecular formula is C21H24N8O2. The average Bonchev–Trinajstić information content (AvgIpc) is 3.38. The quantitative estimate of drug-likeness (QED) is 0.472. The first-order valence-electron chi connectivity index (χ1n) is 9.99. The van der Waals surface area contributed by atoms with Crippen molar-refractivity contribution in [3.05, 3.63) is 48.7 Å². The minimum atomic E-state index is -0.316. The Bertz CT molecular complexity index is 1180. The van der Waals surface area contributed by atoms with Gasteiger partial charge < -0.3 is 14.6 Å². The van der Waals surface area contributed by atoms with Gasteiger partial charge in [-0.15, -0.1) is 10.2 Å². The first-order chi connectivity index (χ1) is 15.0. The number of imidazole rings is 1. The Labute approximate surface area is 179 Å². The number of amides is 2. The van der Waals surface area contributed by atoms with Crippen LogP contribution < -0.4 is 10.6 Å². The van der Waals surface area contributed by atoms with Crippen molar-refractivity contribution in [1.29, 1.82) is 0 Å². The third-order valence-electron chi connectivity index (χ3n) is 4.60. The second-order valence-corrected chi connectivity index (χ2v) is 7.26. The van der Waals surface area contributed by atoms with Crippen LogP contribution in [0.15, 0.2) is 47.3 Å². The van der Waals surface area contributed by atoms with Gasteiger partial charge in [0.1, 0.15) is 11.3 Å². The van der Waals surface area contributed by atoms with Crippen LogP contribution >= 0.6 is 0 Å². The molecule has 0 spiro atoms. The van der Waals surface area contributed by atoms with E-state index in [9.17, 15) is 4.79 Å². The molecule has 4 aromatic rings. The lowest BCUT2D eigenvalue weighted by atomic mass is 10.1. The molecule has 0 aliphatic rings. The van der Waals surface area contributed by atoms with Crippen LogP contribution in [0.3, 0.4) is 0 Å². The highest BCUT2D eigenvalue weighted by Gasteiger charge is 2.17.